The maximum absolute atomic E-state index is 12.1. The Morgan fingerprint density at radius 2 is 1.74 bits per heavy atom. The fourth-order valence-electron chi connectivity index (χ4n) is 2.43. The molecule has 9 heteroatoms. The van der Waals surface area contributed by atoms with Crippen LogP contribution in [-0.2, 0) is 0 Å². The molecular weight excluding hydrogens is 354 g/mol. The first-order valence-corrected chi connectivity index (χ1v) is 6.67. The first kappa shape index (κ1) is 21.8. The zero-order valence-electron chi connectivity index (χ0n) is 12.2. The summed E-state index contributed by atoms with van der Waals surface area (Å²) in [4.78, 5) is 2.17. The third-order valence-electron chi connectivity index (χ3n) is 3.38. The van der Waals surface area contributed by atoms with Gasteiger partial charge in [-0.05, 0) is 17.7 Å². The van der Waals surface area contributed by atoms with Gasteiger partial charge in [-0.3, -0.25) is 4.90 Å². The Bertz CT molecular complexity index is 499. The molecule has 0 unspecified atom stereocenters. The van der Waals surface area contributed by atoms with Gasteiger partial charge in [-0.25, -0.2) is 0 Å². The van der Waals surface area contributed by atoms with Gasteiger partial charge >= 0.3 is 6.36 Å². The van der Waals surface area contributed by atoms with E-state index in [0.29, 0.717) is 6.42 Å². The molecule has 0 aliphatic carbocycles. The molecule has 130 valence electrons. The Morgan fingerprint density at radius 1 is 1.17 bits per heavy atom. The van der Waals surface area contributed by atoms with E-state index in [0.717, 1.165) is 31.7 Å². The minimum Gasteiger partial charge on any atom is -0.406 e. The highest BCUT2D eigenvalue weighted by molar-refractivity contribution is 5.85. The standard InChI is InChI=1S/C14H16F3N3O.2ClH/c15-14(16,17)21-12-3-1-11(2-4-12)13(5-6-18)20-9-7-19-8-10-20;;/h1-4,13,19H,5,7-10H2;2*1H/t13-;;/m0../s1. The summed E-state index contributed by atoms with van der Waals surface area (Å²) in [6, 6.07) is 7.79. The highest BCUT2D eigenvalue weighted by atomic mass is 35.5. The maximum Gasteiger partial charge on any atom is 0.573 e. The summed E-state index contributed by atoms with van der Waals surface area (Å²) < 4.78 is 40.2. The lowest BCUT2D eigenvalue weighted by molar-refractivity contribution is -0.274. The van der Waals surface area contributed by atoms with E-state index < -0.39 is 6.36 Å². The third-order valence-corrected chi connectivity index (χ3v) is 3.38. The zero-order chi connectivity index (χ0) is 15.3. The Hall–Kier alpha value is -1.20. The first-order chi connectivity index (χ1) is 9.99. The molecule has 1 N–H and O–H groups in total. The molecule has 1 fully saturated rings. The second kappa shape index (κ2) is 9.83. The van der Waals surface area contributed by atoms with Gasteiger partial charge in [0.05, 0.1) is 12.5 Å². The molecule has 0 amide bonds. The molecule has 1 aromatic carbocycles. The molecule has 0 radical (unpaired) electrons. The summed E-state index contributed by atoms with van der Waals surface area (Å²) in [6.07, 6.45) is -4.38. The summed E-state index contributed by atoms with van der Waals surface area (Å²) in [5.41, 5.74) is 0.827. The van der Waals surface area contributed by atoms with Crippen molar-refractivity contribution in [2.45, 2.75) is 18.8 Å². The smallest absolute Gasteiger partial charge is 0.406 e. The monoisotopic (exact) mass is 371 g/mol. The predicted octanol–water partition coefficient (Wildman–Crippen LogP) is 3.29. The van der Waals surface area contributed by atoms with Gasteiger partial charge in [0.2, 0.25) is 0 Å². The van der Waals surface area contributed by atoms with Gasteiger partial charge < -0.3 is 10.1 Å². The van der Waals surface area contributed by atoms with Gasteiger partial charge in [-0.2, -0.15) is 5.26 Å². The van der Waals surface area contributed by atoms with Crippen molar-refractivity contribution in [3.63, 3.8) is 0 Å². The minimum atomic E-state index is -4.69. The molecular formula is C14H18Cl2F3N3O. The van der Waals surface area contributed by atoms with E-state index >= 15 is 0 Å². The van der Waals surface area contributed by atoms with Crippen LogP contribution in [-0.4, -0.2) is 37.4 Å². The normalized spacial score (nSPS) is 16.4. The van der Waals surface area contributed by atoms with Crippen LogP contribution in [0.3, 0.4) is 0 Å². The summed E-state index contributed by atoms with van der Waals surface area (Å²) in [5.74, 6) is -0.248. The van der Waals surface area contributed by atoms with E-state index in [1.54, 1.807) is 12.1 Å². The van der Waals surface area contributed by atoms with Crippen molar-refractivity contribution in [2.24, 2.45) is 0 Å². The fraction of sp³-hybridized carbons (Fsp3) is 0.500. The lowest BCUT2D eigenvalue weighted by Gasteiger charge is -2.34. The largest absolute Gasteiger partial charge is 0.573 e. The van der Waals surface area contributed by atoms with Crippen LogP contribution < -0.4 is 10.1 Å². The molecule has 4 nitrogen and oxygen atoms in total. The van der Waals surface area contributed by atoms with Crippen LogP contribution in [0.1, 0.15) is 18.0 Å². The number of nitrogens with zero attached hydrogens (tertiary/aromatic N) is 2. The van der Waals surface area contributed by atoms with E-state index in [1.165, 1.54) is 12.1 Å². The molecule has 23 heavy (non-hydrogen) atoms. The number of hydrogen-bond acceptors (Lipinski definition) is 4. The van der Waals surface area contributed by atoms with Gasteiger partial charge in [0, 0.05) is 32.2 Å². The number of ether oxygens (including phenoxy) is 1. The van der Waals surface area contributed by atoms with Crippen molar-refractivity contribution < 1.29 is 17.9 Å². The highest BCUT2D eigenvalue weighted by Crippen LogP contribution is 2.28. The van der Waals surface area contributed by atoms with Crippen LogP contribution in [0.5, 0.6) is 5.75 Å². The van der Waals surface area contributed by atoms with Crippen LogP contribution >= 0.6 is 24.8 Å². The van der Waals surface area contributed by atoms with Gasteiger partial charge in [0.1, 0.15) is 5.75 Å². The fourth-order valence-corrected chi connectivity index (χ4v) is 2.43. The molecule has 0 bridgehead atoms. The number of nitrogens with one attached hydrogen (secondary N) is 1. The molecule has 1 aliphatic rings. The summed E-state index contributed by atoms with van der Waals surface area (Å²) in [5, 5.41) is 12.2. The molecule has 0 aromatic heterocycles. The van der Waals surface area contributed by atoms with Crippen LogP contribution in [0.4, 0.5) is 13.2 Å². The van der Waals surface area contributed by atoms with E-state index in [4.69, 9.17) is 5.26 Å². The predicted molar refractivity (Wildman–Crippen MR) is 85.0 cm³/mol. The van der Waals surface area contributed by atoms with E-state index in [1.807, 2.05) is 0 Å². The molecule has 0 spiro atoms. The summed E-state index contributed by atoms with van der Waals surface area (Å²) >= 11 is 0. The lowest BCUT2D eigenvalue weighted by atomic mass is 10.0. The molecule has 0 saturated carbocycles. The highest BCUT2D eigenvalue weighted by Gasteiger charge is 2.31. The van der Waals surface area contributed by atoms with E-state index in [9.17, 15) is 13.2 Å². The van der Waals surface area contributed by atoms with E-state index in [-0.39, 0.29) is 36.6 Å². The van der Waals surface area contributed by atoms with Crippen molar-refractivity contribution >= 4 is 24.8 Å². The first-order valence-electron chi connectivity index (χ1n) is 6.67. The number of benzene rings is 1. The second-order valence-electron chi connectivity index (χ2n) is 4.78. The number of piperazine rings is 1. The number of rotatable bonds is 4. The van der Waals surface area contributed by atoms with Crippen molar-refractivity contribution in [3.8, 4) is 11.8 Å². The molecule has 1 aliphatic heterocycles. The SMILES string of the molecule is Cl.Cl.N#CC[C@@H](c1ccc(OC(F)(F)F)cc1)N1CCNCC1. The number of alkyl halides is 3. The molecule has 1 atom stereocenters. The van der Waals surface area contributed by atoms with Crippen LogP contribution in [0, 0.1) is 11.3 Å². The molecule has 1 aromatic rings. The lowest BCUT2D eigenvalue weighted by Crippen LogP contribution is -2.45. The van der Waals surface area contributed by atoms with Crippen molar-refractivity contribution in [3.05, 3.63) is 29.8 Å². The summed E-state index contributed by atoms with van der Waals surface area (Å²) in [6.45, 7) is 3.31. The quantitative estimate of drug-likeness (QED) is 0.881. The Balaban J connectivity index is 0.00000242. The van der Waals surface area contributed by atoms with Crippen LogP contribution in [0.15, 0.2) is 24.3 Å². The minimum absolute atomic E-state index is 0. The number of hydrogen-bond donors (Lipinski definition) is 1. The average Bonchev–Trinajstić information content (AvgIpc) is 2.45. The maximum atomic E-state index is 12.1. The van der Waals surface area contributed by atoms with Gasteiger partial charge in [-0.1, -0.05) is 12.1 Å². The topological polar surface area (TPSA) is 48.3 Å². The van der Waals surface area contributed by atoms with Crippen molar-refractivity contribution in [1.82, 2.24) is 10.2 Å². The zero-order valence-corrected chi connectivity index (χ0v) is 13.8. The Morgan fingerprint density at radius 3 is 2.22 bits per heavy atom. The second-order valence-corrected chi connectivity index (χ2v) is 4.78. The molecule has 1 saturated heterocycles. The van der Waals surface area contributed by atoms with Gasteiger partial charge in [0.15, 0.2) is 0 Å². The van der Waals surface area contributed by atoms with E-state index in [2.05, 4.69) is 21.0 Å². The molecule has 2 rings (SSSR count). The summed E-state index contributed by atoms with van der Waals surface area (Å²) in [7, 11) is 0. The van der Waals surface area contributed by atoms with Crippen molar-refractivity contribution in [1.29, 1.82) is 5.26 Å². The third kappa shape index (κ3) is 6.83. The number of nitriles is 1. The Kier molecular flexibility index (Phi) is 9.32. The Labute approximate surface area is 145 Å². The van der Waals surface area contributed by atoms with Gasteiger partial charge in [-0.15, -0.1) is 38.0 Å². The van der Waals surface area contributed by atoms with Crippen LogP contribution in [0.25, 0.3) is 0 Å². The number of halogens is 5. The van der Waals surface area contributed by atoms with Crippen LogP contribution in [0.2, 0.25) is 0 Å². The van der Waals surface area contributed by atoms with Gasteiger partial charge in [0.25, 0.3) is 0 Å². The van der Waals surface area contributed by atoms with Crippen molar-refractivity contribution in [2.75, 3.05) is 26.2 Å². The average molecular weight is 372 g/mol. The molecule has 1 heterocycles.